The third-order valence-corrected chi connectivity index (χ3v) is 5.00. The van der Waals surface area contributed by atoms with E-state index in [0.29, 0.717) is 0 Å². The van der Waals surface area contributed by atoms with E-state index in [-0.39, 0.29) is 24.0 Å². The molecule has 0 aliphatic carbocycles. The van der Waals surface area contributed by atoms with Crippen LogP contribution in [0, 0.1) is 0 Å². The Morgan fingerprint density at radius 1 is 1.26 bits per heavy atom. The number of guanidine groups is 1. The number of methoxy groups -OCH3 is 1. The lowest BCUT2D eigenvalue weighted by molar-refractivity contribution is 0.153. The van der Waals surface area contributed by atoms with Gasteiger partial charge in [0.1, 0.15) is 5.75 Å². The summed E-state index contributed by atoms with van der Waals surface area (Å²) in [4.78, 5) is 9.21. The molecule has 0 spiro atoms. The van der Waals surface area contributed by atoms with E-state index < -0.39 is 0 Å². The predicted molar refractivity (Wildman–Crippen MR) is 122 cm³/mol. The van der Waals surface area contributed by atoms with Crippen molar-refractivity contribution in [3.8, 4) is 5.75 Å². The predicted octanol–water partition coefficient (Wildman–Crippen LogP) is 2.75. The Kier molecular flexibility index (Phi) is 9.20. The molecule has 0 saturated carbocycles. The number of rotatable bonds is 5. The quantitative estimate of drug-likeness (QED) is 0.300. The van der Waals surface area contributed by atoms with Gasteiger partial charge in [0.05, 0.1) is 20.3 Å². The number of hydrogen-bond donors (Lipinski definition) is 1. The number of nitrogens with zero attached hydrogens (tertiary/aromatic N) is 3. The summed E-state index contributed by atoms with van der Waals surface area (Å²) in [6.45, 7) is 6.44. The average molecular weight is 486 g/mol. The van der Waals surface area contributed by atoms with E-state index >= 15 is 0 Å². The number of benzene rings is 1. The van der Waals surface area contributed by atoms with Crippen LogP contribution in [-0.2, 0) is 4.74 Å². The smallest absolute Gasteiger partial charge is 0.193 e. The second kappa shape index (κ2) is 11.4. The van der Waals surface area contributed by atoms with Crippen LogP contribution >= 0.6 is 24.0 Å². The summed E-state index contributed by atoms with van der Waals surface area (Å²) in [5, 5.41) is 3.52. The molecule has 0 unspecified atom stereocenters. The van der Waals surface area contributed by atoms with Gasteiger partial charge in [-0.2, -0.15) is 0 Å². The molecule has 1 saturated heterocycles. The van der Waals surface area contributed by atoms with Gasteiger partial charge in [-0.15, -0.1) is 24.0 Å². The fourth-order valence-corrected chi connectivity index (χ4v) is 3.44. The monoisotopic (exact) mass is 486 g/mol. The van der Waals surface area contributed by atoms with Crippen molar-refractivity contribution in [2.24, 2.45) is 4.99 Å². The van der Waals surface area contributed by atoms with Gasteiger partial charge in [-0.1, -0.05) is 17.7 Å². The van der Waals surface area contributed by atoms with E-state index in [1.807, 2.05) is 19.2 Å². The molecule has 1 N–H and O–H groups in total. The van der Waals surface area contributed by atoms with Gasteiger partial charge in [-0.25, -0.2) is 0 Å². The Labute approximate surface area is 179 Å². The van der Waals surface area contributed by atoms with Gasteiger partial charge >= 0.3 is 0 Å². The Morgan fingerprint density at radius 2 is 2.07 bits per heavy atom. The second-order valence-corrected chi connectivity index (χ2v) is 6.59. The molecule has 6 nitrogen and oxygen atoms in total. The van der Waals surface area contributed by atoms with Gasteiger partial charge in [0.25, 0.3) is 0 Å². The molecule has 7 heteroatoms. The third kappa shape index (κ3) is 6.27. The van der Waals surface area contributed by atoms with Crippen molar-refractivity contribution in [2.75, 3.05) is 65.0 Å². The van der Waals surface area contributed by atoms with E-state index in [2.05, 4.69) is 38.3 Å². The van der Waals surface area contributed by atoms with Crippen LogP contribution in [0.5, 0.6) is 5.75 Å². The van der Waals surface area contributed by atoms with Crippen LogP contribution in [0.2, 0.25) is 0 Å². The van der Waals surface area contributed by atoms with Crippen LogP contribution < -0.4 is 15.0 Å². The van der Waals surface area contributed by atoms with Gasteiger partial charge < -0.3 is 24.6 Å². The van der Waals surface area contributed by atoms with Crippen molar-refractivity contribution in [2.45, 2.75) is 12.8 Å². The fourth-order valence-electron chi connectivity index (χ4n) is 3.44. The zero-order chi connectivity index (χ0) is 18.2. The van der Waals surface area contributed by atoms with E-state index in [1.54, 1.807) is 7.11 Å². The Balaban J connectivity index is 0.00000261. The minimum atomic E-state index is 0. The molecule has 0 bridgehead atoms. The number of anilines is 1. The van der Waals surface area contributed by atoms with Gasteiger partial charge in [-0.05, 0) is 25.0 Å². The first-order valence-electron chi connectivity index (χ1n) is 9.40. The normalized spacial score (nSPS) is 17.9. The van der Waals surface area contributed by atoms with Crippen LogP contribution in [-0.4, -0.2) is 71.0 Å². The molecule has 3 rings (SSSR count). The summed E-state index contributed by atoms with van der Waals surface area (Å²) in [6.07, 6.45) is 4.33. The molecule has 2 aliphatic heterocycles. The van der Waals surface area contributed by atoms with Crippen LogP contribution in [0.3, 0.4) is 0 Å². The highest BCUT2D eigenvalue weighted by molar-refractivity contribution is 14.0. The van der Waals surface area contributed by atoms with E-state index in [4.69, 9.17) is 9.47 Å². The maximum absolute atomic E-state index is 5.36. The highest BCUT2D eigenvalue weighted by atomic mass is 127. The molecule has 0 atom stereocenters. The van der Waals surface area contributed by atoms with Crippen LogP contribution in [0.1, 0.15) is 12.8 Å². The van der Waals surface area contributed by atoms with Crippen molar-refractivity contribution in [3.63, 3.8) is 0 Å². The molecule has 0 amide bonds. The minimum Gasteiger partial charge on any atom is -0.497 e. The number of hydrogen-bond acceptors (Lipinski definition) is 4. The summed E-state index contributed by atoms with van der Waals surface area (Å²) >= 11 is 0. The number of aliphatic imine (C=N–C) groups is 1. The first-order valence-corrected chi connectivity index (χ1v) is 9.40. The van der Waals surface area contributed by atoms with Gasteiger partial charge in [0.15, 0.2) is 5.96 Å². The number of nitrogens with one attached hydrogen (secondary N) is 1. The highest BCUT2D eigenvalue weighted by Gasteiger charge is 2.20. The zero-order valence-corrected chi connectivity index (χ0v) is 18.6. The number of halogens is 1. The summed E-state index contributed by atoms with van der Waals surface area (Å²) in [5.41, 5.74) is 2.71. The maximum Gasteiger partial charge on any atom is 0.193 e. The van der Waals surface area contributed by atoms with E-state index in [9.17, 15) is 0 Å². The molecule has 150 valence electrons. The molecule has 0 radical (unpaired) electrons. The molecule has 2 heterocycles. The standard InChI is InChI=1S/C20H30N4O2.HI/c1-21-20(22-9-6-17-7-14-26-15-8-17)24-12-10-23(11-13-24)18-4-3-5-19(16-18)25-2;/h3-5,7,16H,6,8-15H2,1-2H3,(H,21,22);1H. The SMILES string of the molecule is CN=C(NCCC1=CCOCC1)N1CCN(c2cccc(OC)c2)CC1.I. The lowest BCUT2D eigenvalue weighted by Crippen LogP contribution is -2.52. The number of piperazine rings is 1. The van der Waals surface area contributed by atoms with Crippen LogP contribution in [0.15, 0.2) is 40.9 Å². The van der Waals surface area contributed by atoms with Crippen molar-refractivity contribution < 1.29 is 9.47 Å². The van der Waals surface area contributed by atoms with Crippen molar-refractivity contribution in [1.29, 1.82) is 0 Å². The summed E-state index contributed by atoms with van der Waals surface area (Å²) in [7, 11) is 3.58. The van der Waals surface area contributed by atoms with Crippen molar-refractivity contribution in [1.82, 2.24) is 10.2 Å². The molecule has 2 aliphatic rings. The molecular formula is C20H31IN4O2. The molecular weight excluding hydrogens is 455 g/mol. The third-order valence-electron chi connectivity index (χ3n) is 5.00. The first-order chi connectivity index (χ1) is 12.8. The van der Waals surface area contributed by atoms with E-state index in [1.165, 1.54) is 11.3 Å². The van der Waals surface area contributed by atoms with Crippen molar-refractivity contribution in [3.05, 3.63) is 35.9 Å². The Bertz CT molecular complexity index is 643. The molecule has 1 aromatic carbocycles. The molecule has 1 fully saturated rings. The zero-order valence-electron chi connectivity index (χ0n) is 16.3. The largest absolute Gasteiger partial charge is 0.497 e. The van der Waals surface area contributed by atoms with Gasteiger partial charge in [0.2, 0.25) is 0 Å². The number of ether oxygens (including phenoxy) is 2. The average Bonchev–Trinajstić information content (AvgIpc) is 2.72. The lowest BCUT2D eigenvalue weighted by atomic mass is 10.1. The van der Waals surface area contributed by atoms with Crippen molar-refractivity contribution >= 4 is 35.6 Å². The topological polar surface area (TPSA) is 49.3 Å². The van der Waals surface area contributed by atoms with Crippen LogP contribution in [0.4, 0.5) is 5.69 Å². The first kappa shape index (κ1) is 21.8. The van der Waals surface area contributed by atoms with Crippen LogP contribution in [0.25, 0.3) is 0 Å². The molecule has 0 aromatic heterocycles. The minimum absolute atomic E-state index is 0. The lowest BCUT2D eigenvalue weighted by Gasteiger charge is -2.37. The Hall–Kier alpha value is -1.48. The summed E-state index contributed by atoms with van der Waals surface area (Å²) in [6, 6.07) is 8.28. The maximum atomic E-state index is 5.36. The summed E-state index contributed by atoms with van der Waals surface area (Å²) < 4.78 is 10.7. The summed E-state index contributed by atoms with van der Waals surface area (Å²) in [5.74, 6) is 1.91. The second-order valence-electron chi connectivity index (χ2n) is 6.59. The molecule has 27 heavy (non-hydrogen) atoms. The Morgan fingerprint density at radius 3 is 2.74 bits per heavy atom. The van der Waals surface area contributed by atoms with E-state index in [0.717, 1.165) is 70.5 Å². The van der Waals surface area contributed by atoms with Gasteiger partial charge in [0, 0.05) is 51.5 Å². The fraction of sp³-hybridized carbons (Fsp3) is 0.550. The molecule has 1 aromatic rings. The van der Waals surface area contributed by atoms with Gasteiger partial charge in [-0.3, -0.25) is 4.99 Å². The highest BCUT2D eigenvalue weighted by Crippen LogP contribution is 2.22.